The molecule has 0 spiro atoms. The molecule has 1 unspecified atom stereocenters. The predicted molar refractivity (Wildman–Crippen MR) is 49.6 cm³/mol. The van der Waals surface area contributed by atoms with E-state index in [9.17, 15) is 12.3 Å². The Morgan fingerprint density at radius 1 is 1.50 bits per heavy atom. The minimum absolute atomic E-state index is 0.00627. The fourth-order valence-electron chi connectivity index (χ4n) is 1.74. The molecular weight excluding hydrogens is 207 g/mol. The Kier molecular flexibility index (Phi) is 3.84. The van der Waals surface area contributed by atoms with Crippen molar-refractivity contribution < 1.29 is 12.3 Å². The minimum atomic E-state index is -4.53. The van der Waals surface area contributed by atoms with Gasteiger partial charge in [-0.25, -0.2) is 0 Å². The molecule has 0 aromatic heterocycles. The van der Waals surface area contributed by atoms with E-state index in [0.717, 1.165) is 25.9 Å². The van der Waals surface area contributed by atoms with Crippen LogP contribution in [0.2, 0.25) is 0 Å². The lowest BCUT2D eigenvalue weighted by Gasteiger charge is -2.25. The van der Waals surface area contributed by atoms with Crippen LogP contribution in [0.1, 0.15) is 12.8 Å². The van der Waals surface area contributed by atoms with Crippen LogP contribution in [-0.2, 0) is 10.2 Å². The van der Waals surface area contributed by atoms with Crippen molar-refractivity contribution in [3.05, 3.63) is 0 Å². The van der Waals surface area contributed by atoms with Gasteiger partial charge >= 0.3 is 10.2 Å². The van der Waals surface area contributed by atoms with Gasteiger partial charge in [0.2, 0.25) is 0 Å². The molecule has 1 rings (SSSR count). The topological polar surface area (TPSA) is 70.0 Å². The largest absolute Gasteiger partial charge is 0.317 e. The number of nitriles is 1. The molecule has 6 heteroatoms. The number of piperidine rings is 1. The second kappa shape index (κ2) is 4.71. The van der Waals surface area contributed by atoms with E-state index < -0.39 is 21.9 Å². The number of hydrogen-bond acceptors (Lipinski definition) is 4. The normalized spacial score (nSPS) is 21.4. The highest BCUT2D eigenvalue weighted by atomic mass is 32.3. The molecular formula is C8H13FN2O2S. The summed E-state index contributed by atoms with van der Waals surface area (Å²) < 4.78 is 33.2. The third-order valence-corrected chi connectivity index (χ3v) is 3.25. The summed E-state index contributed by atoms with van der Waals surface area (Å²) in [5.41, 5.74) is 0. The summed E-state index contributed by atoms with van der Waals surface area (Å²) in [5, 5.41) is 11.8. The van der Waals surface area contributed by atoms with Gasteiger partial charge in [0, 0.05) is 0 Å². The maximum absolute atomic E-state index is 12.4. The molecule has 0 aromatic rings. The summed E-state index contributed by atoms with van der Waals surface area (Å²) in [6.07, 6.45) is 1.49. The first kappa shape index (κ1) is 11.4. The summed E-state index contributed by atoms with van der Waals surface area (Å²) in [6.45, 7) is 1.55. The van der Waals surface area contributed by atoms with Crippen LogP contribution in [0.15, 0.2) is 0 Å². The van der Waals surface area contributed by atoms with Crippen LogP contribution in [0.25, 0.3) is 0 Å². The molecule has 1 heterocycles. The third-order valence-electron chi connectivity index (χ3n) is 2.50. The Bertz CT molecular complexity index is 317. The van der Waals surface area contributed by atoms with Gasteiger partial charge in [-0.1, -0.05) is 0 Å². The maximum atomic E-state index is 12.4. The van der Waals surface area contributed by atoms with E-state index in [1.807, 2.05) is 6.07 Å². The monoisotopic (exact) mass is 220 g/mol. The third kappa shape index (κ3) is 3.60. The van der Waals surface area contributed by atoms with Crippen molar-refractivity contribution >= 4 is 10.2 Å². The second-order valence-electron chi connectivity index (χ2n) is 3.53. The van der Waals surface area contributed by atoms with E-state index in [1.165, 1.54) is 0 Å². The molecule has 1 fully saturated rings. The highest BCUT2D eigenvalue weighted by molar-refractivity contribution is 7.86. The van der Waals surface area contributed by atoms with Crippen molar-refractivity contribution in [2.45, 2.75) is 12.8 Å². The van der Waals surface area contributed by atoms with E-state index in [2.05, 4.69) is 5.32 Å². The van der Waals surface area contributed by atoms with Crippen molar-refractivity contribution in [1.82, 2.24) is 5.32 Å². The maximum Gasteiger partial charge on any atom is 0.303 e. The molecule has 1 aliphatic rings. The Balaban J connectivity index is 2.58. The summed E-state index contributed by atoms with van der Waals surface area (Å²) in [4.78, 5) is 0. The van der Waals surface area contributed by atoms with Crippen LogP contribution in [0.3, 0.4) is 0 Å². The van der Waals surface area contributed by atoms with Gasteiger partial charge in [0.1, 0.15) is 0 Å². The summed E-state index contributed by atoms with van der Waals surface area (Å²) >= 11 is 0. The number of halogens is 1. The van der Waals surface area contributed by atoms with E-state index in [0.29, 0.717) is 0 Å². The lowest BCUT2D eigenvalue weighted by atomic mass is 9.87. The van der Waals surface area contributed by atoms with Crippen molar-refractivity contribution in [1.29, 1.82) is 5.26 Å². The molecule has 0 aromatic carbocycles. The lowest BCUT2D eigenvalue weighted by Crippen LogP contribution is -2.33. The summed E-state index contributed by atoms with van der Waals surface area (Å²) in [6, 6.07) is 1.88. The molecule has 0 amide bonds. The van der Waals surface area contributed by atoms with Crippen LogP contribution < -0.4 is 5.32 Å². The number of nitrogens with one attached hydrogen (secondary N) is 1. The van der Waals surface area contributed by atoms with Gasteiger partial charge in [0.15, 0.2) is 0 Å². The first-order valence-electron chi connectivity index (χ1n) is 4.55. The molecule has 1 aliphatic heterocycles. The zero-order valence-corrected chi connectivity index (χ0v) is 8.56. The van der Waals surface area contributed by atoms with E-state index in [4.69, 9.17) is 5.26 Å². The van der Waals surface area contributed by atoms with Gasteiger partial charge in [-0.3, -0.25) is 0 Å². The molecule has 0 bridgehead atoms. The standard InChI is InChI=1S/C8H13FN2O2S/c9-14(12,13)6-8(5-10)7-1-3-11-4-2-7/h7-8,11H,1-4,6H2. The number of hydrogen-bond donors (Lipinski definition) is 1. The average Bonchev–Trinajstić information content (AvgIpc) is 2.14. The zero-order chi connectivity index (χ0) is 10.6. The van der Waals surface area contributed by atoms with Crippen LogP contribution in [0.4, 0.5) is 3.89 Å². The lowest BCUT2D eigenvalue weighted by molar-refractivity contribution is 0.317. The Morgan fingerprint density at radius 2 is 2.07 bits per heavy atom. The van der Waals surface area contributed by atoms with Crippen molar-refractivity contribution in [3.63, 3.8) is 0 Å². The van der Waals surface area contributed by atoms with Crippen LogP contribution in [-0.4, -0.2) is 27.3 Å². The van der Waals surface area contributed by atoms with E-state index >= 15 is 0 Å². The van der Waals surface area contributed by atoms with Crippen molar-refractivity contribution in [3.8, 4) is 6.07 Å². The predicted octanol–water partition coefficient (Wildman–Crippen LogP) is 0.425. The summed E-state index contributed by atoms with van der Waals surface area (Å²) in [5.74, 6) is -1.35. The van der Waals surface area contributed by atoms with Crippen LogP contribution in [0, 0.1) is 23.2 Å². The quantitative estimate of drug-likeness (QED) is 0.700. The van der Waals surface area contributed by atoms with Gasteiger partial charge in [-0.15, -0.1) is 3.89 Å². The fourth-order valence-corrected chi connectivity index (χ4v) is 2.52. The number of rotatable bonds is 3. The molecule has 1 atom stereocenters. The molecule has 14 heavy (non-hydrogen) atoms. The zero-order valence-electron chi connectivity index (χ0n) is 7.74. The average molecular weight is 220 g/mol. The van der Waals surface area contributed by atoms with Crippen LogP contribution >= 0.6 is 0 Å². The Morgan fingerprint density at radius 3 is 2.50 bits per heavy atom. The van der Waals surface area contributed by atoms with Crippen LogP contribution in [0.5, 0.6) is 0 Å². The van der Waals surface area contributed by atoms with E-state index in [-0.39, 0.29) is 5.92 Å². The molecule has 1 N–H and O–H groups in total. The molecule has 0 aliphatic carbocycles. The second-order valence-corrected chi connectivity index (χ2v) is 4.94. The fraction of sp³-hybridized carbons (Fsp3) is 0.875. The highest BCUT2D eigenvalue weighted by Crippen LogP contribution is 2.23. The van der Waals surface area contributed by atoms with Gasteiger partial charge in [-0.05, 0) is 31.8 Å². The minimum Gasteiger partial charge on any atom is -0.317 e. The highest BCUT2D eigenvalue weighted by Gasteiger charge is 2.27. The smallest absolute Gasteiger partial charge is 0.303 e. The van der Waals surface area contributed by atoms with Crippen molar-refractivity contribution in [2.75, 3.05) is 18.8 Å². The Labute approximate surface area is 83.3 Å². The SMILES string of the molecule is N#CC(CS(=O)(=O)F)C1CCNCC1. The molecule has 0 radical (unpaired) electrons. The molecule has 1 saturated heterocycles. The first-order chi connectivity index (χ1) is 6.53. The Hall–Kier alpha value is -0.670. The summed E-state index contributed by atoms with van der Waals surface area (Å²) in [7, 11) is -4.53. The van der Waals surface area contributed by atoms with E-state index in [1.54, 1.807) is 0 Å². The van der Waals surface area contributed by atoms with Gasteiger partial charge in [-0.2, -0.15) is 13.7 Å². The molecule has 80 valence electrons. The first-order valence-corrected chi connectivity index (χ1v) is 6.11. The molecule has 0 saturated carbocycles. The van der Waals surface area contributed by atoms with Gasteiger partial charge in [0.05, 0.1) is 17.7 Å². The van der Waals surface area contributed by atoms with Gasteiger partial charge < -0.3 is 5.32 Å². The van der Waals surface area contributed by atoms with Crippen molar-refractivity contribution in [2.24, 2.45) is 11.8 Å². The molecule has 4 nitrogen and oxygen atoms in total. The van der Waals surface area contributed by atoms with Gasteiger partial charge in [0.25, 0.3) is 0 Å². The number of nitrogens with zero attached hydrogens (tertiary/aromatic N) is 1.